The Hall–Kier alpha value is -1.76. The van der Waals surface area contributed by atoms with Crippen molar-refractivity contribution in [2.45, 2.75) is 77.1 Å². The van der Waals surface area contributed by atoms with E-state index in [1.165, 1.54) is 17.5 Å². The number of hydrogen-bond acceptors (Lipinski definition) is 3. The molecule has 1 aliphatic heterocycles. The van der Waals surface area contributed by atoms with Gasteiger partial charge in [-0.25, -0.2) is 0 Å². The molecule has 3 nitrogen and oxygen atoms in total. The van der Waals surface area contributed by atoms with Crippen LogP contribution in [0.5, 0.6) is 5.75 Å². The van der Waals surface area contributed by atoms with Crippen molar-refractivity contribution in [3.05, 3.63) is 41.5 Å². The van der Waals surface area contributed by atoms with Crippen molar-refractivity contribution in [2.75, 3.05) is 0 Å². The number of benzene rings is 1. The summed E-state index contributed by atoms with van der Waals surface area (Å²) in [7, 11) is 0. The first-order valence-corrected chi connectivity index (χ1v) is 10.3. The quantitative estimate of drug-likeness (QED) is 0.560. The van der Waals surface area contributed by atoms with Gasteiger partial charge in [-0.15, -0.1) is 11.8 Å². The summed E-state index contributed by atoms with van der Waals surface area (Å²) in [6.07, 6.45) is 7.60. The lowest BCUT2D eigenvalue weighted by atomic mass is 9.86. The van der Waals surface area contributed by atoms with E-state index in [1.807, 2.05) is 26.0 Å². The molecule has 0 unspecified atom stereocenters. The number of fused-ring (bicyclic) bond motifs is 3. The molecule has 6 atom stereocenters. The normalized spacial score (nSPS) is 28.2. The molecular weight excluding hydrogens is 336 g/mol. The van der Waals surface area contributed by atoms with Gasteiger partial charge in [0.2, 0.25) is 0 Å². The van der Waals surface area contributed by atoms with Gasteiger partial charge in [0.1, 0.15) is 11.9 Å². The molecule has 0 aromatic heterocycles. The molecule has 0 saturated heterocycles. The van der Waals surface area contributed by atoms with Gasteiger partial charge in [0.15, 0.2) is 0 Å². The zero-order chi connectivity index (χ0) is 19.4. The maximum absolute atomic E-state index is 10.6. The van der Waals surface area contributed by atoms with E-state index in [1.54, 1.807) is 0 Å². The monoisotopic (exact) mass is 368 g/mol. The third-order valence-corrected chi connectivity index (χ3v) is 6.00. The molecule has 2 N–H and O–H groups in total. The van der Waals surface area contributed by atoms with Crippen LogP contribution in [-0.2, 0) is 6.42 Å². The van der Waals surface area contributed by atoms with Gasteiger partial charge in [0.05, 0.1) is 12.2 Å². The summed E-state index contributed by atoms with van der Waals surface area (Å²) in [4.78, 5) is 0. The van der Waals surface area contributed by atoms with Gasteiger partial charge in [0, 0.05) is 30.2 Å². The predicted molar refractivity (Wildman–Crippen MR) is 109 cm³/mol. The molecule has 27 heavy (non-hydrogen) atoms. The summed E-state index contributed by atoms with van der Waals surface area (Å²) in [5.41, 5.74) is 2.51. The number of rotatable bonds is 7. The molecule has 1 aliphatic carbocycles. The molecule has 1 saturated carbocycles. The van der Waals surface area contributed by atoms with Crippen LogP contribution in [0.1, 0.15) is 63.5 Å². The third kappa shape index (κ3) is 4.23. The highest BCUT2D eigenvalue weighted by molar-refractivity contribution is 5.49. The summed E-state index contributed by atoms with van der Waals surface area (Å²) in [6.45, 7) is 6.02. The van der Waals surface area contributed by atoms with Gasteiger partial charge in [-0.05, 0) is 31.2 Å². The SMILES string of the molecule is CC#CC[C@H](C)[C@H](O)/C=C/[C@@H]1[C@H]2c3cccc(CCCC)c3O[C@H]2C[C@H]1O. The summed E-state index contributed by atoms with van der Waals surface area (Å²) in [5.74, 6) is 7.18. The maximum Gasteiger partial charge on any atom is 0.126 e. The number of hydrogen-bond donors (Lipinski definition) is 2. The van der Waals surface area contributed by atoms with Crippen molar-refractivity contribution in [1.29, 1.82) is 0 Å². The van der Waals surface area contributed by atoms with Crippen molar-refractivity contribution >= 4 is 0 Å². The Labute approximate surface area is 163 Å². The molecule has 146 valence electrons. The fraction of sp³-hybridized carbons (Fsp3) is 0.583. The molecule has 1 aromatic carbocycles. The Bertz CT molecular complexity index is 727. The zero-order valence-corrected chi connectivity index (χ0v) is 16.7. The number of para-hydroxylation sites is 1. The fourth-order valence-corrected chi connectivity index (χ4v) is 4.35. The second-order valence-electron chi connectivity index (χ2n) is 7.99. The van der Waals surface area contributed by atoms with E-state index in [4.69, 9.17) is 4.74 Å². The number of unbranched alkanes of at least 4 members (excludes halogenated alkanes) is 1. The van der Waals surface area contributed by atoms with Crippen LogP contribution in [0.2, 0.25) is 0 Å². The lowest BCUT2D eigenvalue weighted by molar-refractivity contribution is 0.134. The van der Waals surface area contributed by atoms with Crippen molar-refractivity contribution in [3.63, 3.8) is 0 Å². The maximum atomic E-state index is 10.6. The van der Waals surface area contributed by atoms with Crippen LogP contribution >= 0.6 is 0 Å². The van der Waals surface area contributed by atoms with Crippen molar-refractivity contribution < 1.29 is 14.9 Å². The predicted octanol–water partition coefficient (Wildman–Crippen LogP) is 4.22. The standard InChI is InChI=1S/C24H32O3/c1-4-6-9-16(3)20(25)14-13-18-21(26)15-22-23(18)19-12-8-11-17(10-7-5-2)24(19)27-22/h8,11-14,16,18,20-23,25-26H,5,7,9-10,15H2,1-3H3/b14-13+/t16-,18-,20+,21+,22-,23-/m0/s1. The molecule has 1 fully saturated rings. The van der Waals surface area contributed by atoms with Crippen LogP contribution in [0.3, 0.4) is 0 Å². The van der Waals surface area contributed by atoms with Gasteiger partial charge in [-0.3, -0.25) is 0 Å². The summed E-state index contributed by atoms with van der Waals surface area (Å²) < 4.78 is 6.29. The number of aliphatic hydroxyl groups excluding tert-OH is 2. The Morgan fingerprint density at radius 2 is 2.19 bits per heavy atom. The first-order valence-electron chi connectivity index (χ1n) is 10.3. The first kappa shape index (κ1) is 20.0. The molecule has 3 heteroatoms. The summed E-state index contributed by atoms with van der Waals surface area (Å²) in [6, 6.07) is 6.42. The van der Waals surface area contributed by atoms with E-state index < -0.39 is 12.2 Å². The molecule has 0 bridgehead atoms. The van der Waals surface area contributed by atoms with E-state index in [2.05, 4.69) is 37.0 Å². The minimum atomic E-state index is -0.546. The minimum absolute atomic E-state index is 0.0169. The number of aliphatic hydroxyl groups is 2. The van der Waals surface area contributed by atoms with Gasteiger partial charge in [-0.2, -0.15) is 0 Å². The van der Waals surface area contributed by atoms with E-state index in [0.717, 1.165) is 18.6 Å². The highest BCUT2D eigenvalue weighted by Gasteiger charge is 2.48. The van der Waals surface area contributed by atoms with Crippen LogP contribution < -0.4 is 4.74 Å². The van der Waals surface area contributed by atoms with Crippen LogP contribution in [0.15, 0.2) is 30.4 Å². The molecule has 1 heterocycles. The van der Waals surface area contributed by atoms with Crippen LogP contribution in [0.25, 0.3) is 0 Å². The smallest absolute Gasteiger partial charge is 0.126 e. The van der Waals surface area contributed by atoms with Crippen molar-refractivity contribution in [3.8, 4) is 17.6 Å². The molecule has 2 aliphatic rings. The van der Waals surface area contributed by atoms with Crippen LogP contribution in [0.4, 0.5) is 0 Å². The van der Waals surface area contributed by atoms with Crippen molar-refractivity contribution in [1.82, 2.24) is 0 Å². The van der Waals surface area contributed by atoms with E-state index in [9.17, 15) is 10.2 Å². The third-order valence-electron chi connectivity index (χ3n) is 6.00. The molecule has 3 rings (SSSR count). The average molecular weight is 369 g/mol. The highest BCUT2D eigenvalue weighted by Crippen LogP contribution is 2.52. The number of ether oxygens (including phenoxy) is 1. The largest absolute Gasteiger partial charge is 0.489 e. The van der Waals surface area contributed by atoms with Gasteiger partial charge in [0.25, 0.3) is 0 Å². The van der Waals surface area contributed by atoms with Crippen LogP contribution in [0, 0.1) is 23.7 Å². The fourth-order valence-electron chi connectivity index (χ4n) is 4.35. The van der Waals surface area contributed by atoms with E-state index in [-0.39, 0.29) is 23.9 Å². The molecule has 0 radical (unpaired) electrons. The second kappa shape index (κ2) is 8.95. The molecule has 0 spiro atoms. The molecular formula is C24H32O3. The summed E-state index contributed by atoms with van der Waals surface area (Å²) >= 11 is 0. The Morgan fingerprint density at radius 1 is 1.37 bits per heavy atom. The first-order chi connectivity index (χ1) is 13.1. The van der Waals surface area contributed by atoms with Gasteiger partial charge < -0.3 is 14.9 Å². The van der Waals surface area contributed by atoms with Crippen LogP contribution in [-0.4, -0.2) is 28.5 Å². The van der Waals surface area contributed by atoms with Gasteiger partial charge in [-0.1, -0.05) is 50.6 Å². The minimum Gasteiger partial charge on any atom is -0.489 e. The zero-order valence-electron chi connectivity index (χ0n) is 16.7. The Balaban J connectivity index is 1.77. The Kier molecular flexibility index (Phi) is 6.63. The topological polar surface area (TPSA) is 49.7 Å². The van der Waals surface area contributed by atoms with E-state index >= 15 is 0 Å². The highest BCUT2D eigenvalue weighted by atomic mass is 16.5. The van der Waals surface area contributed by atoms with Gasteiger partial charge >= 0.3 is 0 Å². The van der Waals surface area contributed by atoms with Crippen molar-refractivity contribution in [2.24, 2.45) is 11.8 Å². The number of aryl methyl sites for hydroxylation is 1. The lowest BCUT2D eigenvalue weighted by Gasteiger charge is -2.19. The average Bonchev–Trinajstić information content (AvgIpc) is 3.17. The Morgan fingerprint density at radius 3 is 2.93 bits per heavy atom. The summed E-state index contributed by atoms with van der Waals surface area (Å²) in [5, 5.41) is 21.0. The molecule has 1 aromatic rings. The second-order valence-corrected chi connectivity index (χ2v) is 7.99. The van der Waals surface area contributed by atoms with E-state index in [0.29, 0.717) is 12.8 Å². The lowest BCUT2D eigenvalue weighted by Crippen LogP contribution is -2.19. The molecule has 0 amide bonds.